The van der Waals surface area contributed by atoms with Gasteiger partial charge in [-0.1, -0.05) is 59.2 Å². The van der Waals surface area contributed by atoms with Crippen molar-refractivity contribution in [3.8, 4) is 0 Å². The number of hydrogen-bond acceptors (Lipinski definition) is 2. The molecule has 0 bridgehead atoms. The summed E-state index contributed by atoms with van der Waals surface area (Å²) in [5.74, 6) is -0.893. The molecule has 1 heterocycles. The zero-order chi connectivity index (χ0) is 22.1. The number of amides is 3. The van der Waals surface area contributed by atoms with Gasteiger partial charge in [0.1, 0.15) is 6.04 Å². The van der Waals surface area contributed by atoms with E-state index in [4.69, 9.17) is 11.6 Å². The fraction of sp³-hybridized carbons (Fsp3) is 0.636. The number of hydrogen-bond donors (Lipinski definition) is 1. The summed E-state index contributed by atoms with van der Waals surface area (Å²) >= 11 is 6.04. The molecule has 3 unspecified atom stereocenters. The third-order valence-electron chi connectivity index (χ3n) is 6.54. The van der Waals surface area contributed by atoms with Crippen LogP contribution in [0.25, 0.3) is 0 Å². The number of likely N-dealkylation sites (tertiary alicyclic amines) is 1. The molecule has 2 aliphatic rings. The molecule has 1 aromatic carbocycles. The second-order valence-corrected chi connectivity index (χ2v) is 9.99. The van der Waals surface area contributed by atoms with Crippen LogP contribution in [-0.4, -0.2) is 34.6 Å². The number of carbonyl (C=O) groups excluding carboxylic acids is 2. The Morgan fingerprint density at radius 1 is 1.33 bits per heavy atom. The number of rotatable bonds is 6. The number of imide groups is 1. The molecule has 166 valence electrons. The number of alkyl halides is 2. The van der Waals surface area contributed by atoms with E-state index in [1.54, 1.807) is 22.2 Å². The molecular formula is C22H30ClF2N2O2P. The van der Waals surface area contributed by atoms with Crippen molar-refractivity contribution in [2.45, 2.75) is 70.1 Å². The van der Waals surface area contributed by atoms with Crippen molar-refractivity contribution in [1.29, 1.82) is 0 Å². The van der Waals surface area contributed by atoms with Gasteiger partial charge in [-0.2, -0.15) is 0 Å². The van der Waals surface area contributed by atoms with Gasteiger partial charge in [0.2, 0.25) is 5.91 Å². The van der Waals surface area contributed by atoms with E-state index >= 15 is 0 Å². The van der Waals surface area contributed by atoms with Crippen molar-refractivity contribution < 1.29 is 18.4 Å². The molecule has 1 saturated carbocycles. The first-order valence-electron chi connectivity index (χ1n) is 10.6. The molecule has 1 saturated heterocycles. The van der Waals surface area contributed by atoms with E-state index in [0.29, 0.717) is 24.3 Å². The first-order valence-corrected chi connectivity index (χ1v) is 11.6. The van der Waals surface area contributed by atoms with Crippen LogP contribution in [0.2, 0.25) is 5.02 Å². The number of nitrogens with one attached hydrogen (secondary N) is 1. The third kappa shape index (κ3) is 5.13. The molecule has 2 fully saturated rings. The van der Waals surface area contributed by atoms with Gasteiger partial charge in [0.25, 0.3) is 5.66 Å². The van der Waals surface area contributed by atoms with Gasteiger partial charge in [0.05, 0.1) is 12.0 Å². The predicted molar refractivity (Wildman–Crippen MR) is 118 cm³/mol. The largest absolute Gasteiger partial charge is 0.328 e. The van der Waals surface area contributed by atoms with Gasteiger partial charge >= 0.3 is 6.03 Å². The Hall–Kier alpha value is -1.26. The minimum absolute atomic E-state index is 0.00679. The molecule has 5 atom stereocenters. The van der Waals surface area contributed by atoms with Crippen LogP contribution in [0.3, 0.4) is 0 Å². The first kappa shape index (κ1) is 23.4. The van der Waals surface area contributed by atoms with E-state index in [-0.39, 0.29) is 29.7 Å². The normalized spacial score (nSPS) is 24.9. The van der Waals surface area contributed by atoms with E-state index < -0.39 is 17.7 Å². The number of urea groups is 1. The lowest BCUT2D eigenvalue weighted by Gasteiger charge is -2.47. The maximum Gasteiger partial charge on any atom is 0.324 e. The van der Waals surface area contributed by atoms with Crippen LogP contribution in [0.4, 0.5) is 13.6 Å². The molecule has 1 aromatic rings. The minimum atomic E-state index is -3.12. The Labute approximate surface area is 184 Å². The molecule has 1 aliphatic carbocycles. The summed E-state index contributed by atoms with van der Waals surface area (Å²) in [5.41, 5.74) is -2.09. The van der Waals surface area contributed by atoms with Gasteiger partial charge in [-0.3, -0.25) is 9.69 Å². The van der Waals surface area contributed by atoms with Crippen LogP contribution >= 0.6 is 20.8 Å². The van der Waals surface area contributed by atoms with Crippen molar-refractivity contribution in [2.24, 2.45) is 17.8 Å². The highest BCUT2D eigenvalue weighted by Crippen LogP contribution is 2.39. The Kier molecular flexibility index (Phi) is 7.40. The lowest BCUT2D eigenvalue weighted by atomic mass is 9.76. The summed E-state index contributed by atoms with van der Waals surface area (Å²) in [5, 5.41) is 3.12. The van der Waals surface area contributed by atoms with Gasteiger partial charge < -0.3 is 5.32 Å². The smallest absolute Gasteiger partial charge is 0.324 e. The molecule has 3 amide bonds. The fourth-order valence-electron chi connectivity index (χ4n) is 5.01. The van der Waals surface area contributed by atoms with E-state index in [2.05, 4.69) is 5.32 Å². The van der Waals surface area contributed by atoms with Crippen LogP contribution in [0.5, 0.6) is 0 Å². The van der Waals surface area contributed by atoms with Gasteiger partial charge in [-0.05, 0) is 55.7 Å². The van der Waals surface area contributed by atoms with Gasteiger partial charge in [0, 0.05) is 5.02 Å². The van der Waals surface area contributed by atoms with Crippen LogP contribution in [0, 0.1) is 17.8 Å². The lowest BCUT2D eigenvalue weighted by molar-refractivity contribution is -0.152. The molecule has 1 aliphatic heterocycles. The molecule has 0 radical (unpaired) electrons. The number of benzene rings is 1. The molecule has 0 spiro atoms. The SMILES string of the molecule is CC(Cc1cccc(Cl)c1)[C@H]1C(=O)N(C(=O)NC(C2CCCCC2)C(F)(F)P)[C@@H]1C. The lowest BCUT2D eigenvalue weighted by Crippen LogP contribution is -2.67. The maximum atomic E-state index is 14.2. The summed E-state index contributed by atoms with van der Waals surface area (Å²) in [6.45, 7) is 3.77. The monoisotopic (exact) mass is 458 g/mol. The van der Waals surface area contributed by atoms with Gasteiger partial charge in [-0.25, -0.2) is 13.6 Å². The zero-order valence-corrected chi connectivity index (χ0v) is 19.3. The average Bonchev–Trinajstić information content (AvgIpc) is 2.66. The second-order valence-electron chi connectivity index (χ2n) is 8.79. The van der Waals surface area contributed by atoms with E-state index in [1.807, 2.05) is 25.1 Å². The molecule has 0 aromatic heterocycles. The molecular weight excluding hydrogens is 429 g/mol. The Morgan fingerprint density at radius 2 is 2.00 bits per heavy atom. The summed E-state index contributed by atoms with van der Waals surface area (Å²) in [6.07, 6.45) is 4.80. The number of β-lactam (4-membered cyclic amide) rings is 1. The summed E-state index contributed by atoms with van der Waals surface area (Å²) in [6, 6.07) is 5.16. The fourth-order valence-corrected chi connectivity index (χ4v) is 5.58. The van der Waals surface area contributed by atoms with Gasteiger partial charge in [-0.15, -0.1) is 0 Å². The quantitative estimate of drug-likeness (QED) is 0.452. The van der Waals surface area contributed by atoms with Crippen LogP contribution in [0.15, 0.2) is 24.3 Å². The van der Waals surface area contributed by atoms with Crippen LogP contribution in [0.1, 0.15) is 51.5 Å². The second kappa shape index (κ2) is 9.48. The topological polar surface area (TPSA) is 49.4 Å². The first-order chi connectivity index (χ1) is 14.1. The predicted octanol–water partition coefficient (Wildman–Crippen LogP) is 5.49. The Morgan fingerprint density at radius 3 is 2.57 bits per heavy atom. The minimum Gasteiger partial charge on any atom is -0.328 e. The summed E-state index contributed by atoms with van der Waals surface area (Å²) in [4.78, 5) is 26.6. The van der Waals surface area contributed by atoms with E-state index in [1.165, 1.54) is 0 Å². The molecule has 4 nitrogen and oxygen atoms in total. The number of nitrogens with zero attached hydrogens (tertiary/aromatic N) is 1. The highest BCUT2D eigenvalue weighted by atomic mass is 35.5. The average molecular weight is 459 g/mol. The number of halogens is 3. The van der Waals surface area contributed by atoms with Gasteiger partial charge in [0.15, 0.2) is 0 Å². The summed E-state index contributed by atoms with van der Waals surface area (Å²) < 4.78 is 28.5. The van der Waals surface area contributed by atoms with Crippen molar-refractivity contribution in [1.82, 2.24) is 10.2 Å². The van der Waals surface area contributed by atoms with Crippen molar-refractivity contribution in [3.63, 3.8) is 0 Å². The Bertz CT molecular complexity index is 783. The third-order valence-corrected chi connectivity index (χ3v) is 7.14. The molecule has 30 heavy (non-hydrogen) atoms. The maximum absolute atomic E-state index is 14.2. The zero-order valence-electron chi connectivity index (χ0n) is 17.4. The standard InChI is InChI=1S/C22H30ClF2N2O2P/c1-13(11-15-7-6-10-17(23)12-15)18-14(2)27(20(18)28)21(29)26-19(22(24,25)30)16-8-4-3-5-9-16/h6-7,10,12-14,16,18-19H,3-5,8-9,11,30H2,1-2H3,(H,26,29)/t13?,14-,18-,19?/m1/s1. The van der Waals surface area contributed by atoms with Crippen molar-refractivity contribution >= 4 is 32.8 Å². The highest BCUT2D eigenvalue weighted by molar-refractivity contribution is 7.18. The Balaban J connectivity index is 1.63. The molecule has 1 N–H and O–H groups in total. The van der Waals surface area contributed by atoms with Crippen molar-refractivity contribution in [2.75, 3.05) is 0 Å². The van der Waals surface area contributed by atoms with Crippen LogP contribution in [-0.2, 0) is 11.2 Å². The highest BCUT2D eigenvalue weighted by Gasteiger charge is 2.52. The summed E-state index contributed by atoms with van der Waals surface area (Å²) in [7, 11) is 1.56. The molecule has 3 rings (SSSR count). The van der Waals surface area contributed by atoms with Crippen LogP contribution < -0.4 is 5.32 Å². The van der Waals surface area contributed by atoms with E-state index in [0.717, 1.165) is 29.7 Å². The van der Waals surface area contributed by atoms with E-state index in [9.17, 15) is 18.4 Å². The number of carbonyl (C=O) groups is 2. The molecule has 8 heteroatoms. The van der Waals surface area contributed by atoms with Crippen molar-refractivity contribution in [3.05, 3.63) is 34.9 Å².